The molecule has 13 heavy (non-hydrogen) atoms. The maximum absolute atomic E-state index is 10.8. The molecule has 0 saturated heterocycles. The smallest absolute Gasteiger partial charge is 0.308 e. The van der Waals surface area contributed by atoms with Gasteiger partial charge in [0.2, 0.25) is 5.75 Å². The first kappa shape index (κ1) is 9.62. The van der Waals surface area contributed by atoms with Crippen molar-refractivity contribution in [3.63, 3.8) is 0 Å². The summed E-state index contributed by atoms with van der Waals surface area (Å²) in [4.78, 5) is 10.8. The first-order valence-electron chi connectivity index (χ1n) is 3.83. The van der Waals surface area contributed by atoms with Gasteiger partial charge in [0.05, 0.1) is 0 Å². The van der Waals surface area contributed by atoms with Gasteiger partial charge in [0.1, 0.15) is 0 Å². The van der Waals surface area contributed by atoms with Crippen molar-refractivity contribution in [1.82, 2.24) is 15.5 Å². The van der Waals surface area contributed by atoms with Crippen LogP contribution in [-0.4, -0.2) is 35.4 Å². The van der Waals surface area contributed by atoms with E-state index in [4.69, 9.17) is 5.84 Å². The van der Waals surface area contributed by atoms with Gasteiger partial charge in [-0.2, -0.15) is 0 Å². The number of anilines is 1. The number of likely N-dealkylation sites (N-methyl/N-ethyl adjacent to an activating group) is 1. The quantitative estimate of drug-likeness (QED) is 0.285. The molecule has 0 spiro atoms. The van der Waals surface area contributed by atoms with E-state index in [0.717, 1.165) is 0 Å². The summed E-state index contributed by atoms with van der Waals surface area (Å²) in [6.07, 6.45) is 0. The molecule has 0 aliphatic carbocycles. The van der Waals surface area contributed by atoms with Gasteiger partial charge in [-0.15, -0.1) is 0 Å². The van der Waals surface area contributed by atoms with Crippen LogP contribution >= 0.6 is 0 Å². The van der Waals surface area contributed by atoms with Crippen LogP contribution in [0.1, 0.15) is 0 Å². The Balaban J connectivity index is 2.71. The van der Waals surface area contributed by atoms with E-state index in [1.807, 2.05) is 0 Å². The van der Waals surface area contributed by atoms with Crippen LogP contribution in [0.5, 0.6) is 5.75 Å². The summed E-state index contributed by atoms with van der Waals surface area (Å²) in [7, 11) is 1.79. The van der Waals surface area contributed by atoms with Gasteiger partial charge in [-0.05, 0) is 7.05 Å². The van der Waals surface area contributed by atoms with Gasteiger partial charge in [-0.3, -0.25) is 20.0 Å². The summed E-state index contributed by atoms with van der Waals surface area (Å²) < 4.78 is 0. The summed E-state index contributed by atoms with van der Waals surface area (Å²) in [6, 6.07) is 0. The number of nitrogens with zero attached hydrogens (tertiary/aromatic N) is 1. The van der Waals surface area contributed by atoms with E-state index >= 15 is 0 Å². The second kappa shape index (κ2) is 3.97. The lowest BCUT2D eigenvalue weighted by molar-refractivity contribution is 0.469. The number of aromatic hydroxyl groups is 1. The standard InChI is InChI=1S/C6H13N5O2/c1-8-2-3-11(7)5-4(12)6(13)10-9-5/h8,12H,2-3,7H2,1H3,(H2,9,10,13). The largest absolute Gasteiger partial charge is 0.500 e. The molecule has 0 saturated carbocycles. The van der Waals surface area contributed by atoms with E-state index < -0.39 is 11.3 Å². The SMILES string of the molecule is CNCCN(N)c1[nH][nH]c(=O)c1O. The lowest BCUT2D eigenvalue weighted by Gasteiger charge is -2.15. The van der Waals surface area contributed by atoms with Gasteiger partial charge in [0, 0.05) is 13.1 Å². The van der Waals surface area contributed by atoms with E-state index in [2.05, 4.69) is 15.5 Å². The fraction of sp³-hybridized carbons (Fsp3) is 0.500. The van der Waals surface area contributed by atoms with Gasteiger partial charge in [0.25, 0.3) is 0 Å². The molecule has 1 rings (SSSR count). The number of H-pyrrole nitrogens is 2. The number of rotatable bonds is 4. The number of aromatic amines is 2. The fourth-order valence-corrected chi connectivity index (χ4v) is 0.894. The average Bonchev–Trinajstić information content (AvgIpc) is 2.44. The Labute approximate surface area is 74.5 Å². The van der Waals surface area contributed by atoms with Crippen molar-refractivity contribution >= 4 is 5.82 Å². The zero-order valence-electron chi connectivity index (χ0n) is 7.29. The Kier molecular flexibility index (Phi) is 2.93. The van der Waals surface area contributed by atoms with Gasteiger partial charge >= 0.3 is 5.56 Å². The van der Waals surface area contributed by atoms with Crippen molar-refractivity contribution < 1.29 is 5.11 Å². The fourth-order valence-electron chi connectivity index (χ4n) is 0.894. The molecule has 1 aromatic rings. The van der Waals surface area contributed by atoms with Crippen LogP contribution in [0.15, 0.2) is 4.79 Å². The van der Waals surface area contributed by atoms with Crippen molar-refractivity contribution in [3.05, 3.63) is 10.4 Å². The molecule has 7 nitrogen and oxygen atoms in total. The first-order chi connectivity index (χ1) is 6.16. The number of nitrogens with two attached hydrogens (primary N) is 1. The summed E-state index contributed by atoms with van der Waals surface area (Å²) in [6.45, 7) is 1.14. The molecule has 0 bridgehead atoms. The highest BCUT2D eigenvalue weighted by Gasteiger charge is 2.11. The predicted octanol–water partition coefficient (Wildman–Crippen LogP) is -1.69. The first-order valence-corrected chi connectivity index (χ1v) is 3.83. The third-order valence-corrected chi connectivity index (χ3v) is 1.62. The van der Waals surface area contributed by atoms with E-state index in [0.29, 0.717) is 13.1 Å². The number of hydrogen-bond donors (Lipinski definition) is 5. The monoisotopic (exact) mass is 187 g/mol. The predicted molar refractivity (Wildman–Crippen MR) is 48.5 cm³/mol. The van der Waals surface area contributed by atoms with Crippen LogP contribution in [0.2, 0.25) is 0 Å². The molecule has 1 aromatic heterocycles. The van der Waals surface area contributed by atoms with Gasteiger partial charge in [0.15, 0.2) is 5.82 Å². The van der Waals surface area contributed by atoms with Crippen LogP contribution in [0.4, 0.5) is 5.82 Å². The van der Waals surface area contributed by atoms with E-state index in [1.54, 1.807) is 7.05 Å². The number of hydrogen-bond acceptors (Lipinski definition) is 5. The molecule has 0 aromatic carbocycles. The minimum atomic E-state index is -0.574. The van der Waals surface area contributed by atoms with Gasteiger partial charge < -0.3 is 10.4 Å². The lowest BCUT2D eigenvalue weighted by Crippen LogP contribution is -2.36. The third-order valence-electron chi connectivity index (χ3n) is 1.62. The van der Waals surface area contributed by atoms with E-state index in [1.165, 1.54) is 5.01 Å². The zero-order valence-corrected chi connectivity index (χ0v) is 7.29. The minimum Gasteiger partial charge on any atom is -0.500 e. The van der Waals surface area contributed by atoms with Crippen LogP contribution in [0.25, 0.3) is 0 Å². The number of aromatic nitrogens is 2. The van der Waals surface area contributed by atoms with E-state index in [-0.39, 0.29) is 5.82 Å². The Morgan fingerprint density at radius 2 is 2.31 bits per heavy atom. The topological polar surface area (TPSA) is 110 Å². The minimum absolute atomic E-state index is 0.195. The Morgan fingerprint density at radius 3 is 2.77 bits per heavy atom. The zero-order chi connectivity index (χ0) is 9.84. The number of hydrazine groups is 1. The summed E-state index contributed by atoms with van der Waals surface area (Å²) in [5.74, 6) is 5.34. The van der Waals surface area contributed by atoms with Crippen molar-refractivity contribution in [2.24, 2.45) is 5.84 Å². The van der Waals surface area contributed by atoms with Crippen molar-refractivity contribution in [1.29, 1.82) is 0 Å². The lowest BCUT2D eigenvalue weighted by atomic mass is 10.5. The molecule has 6 N–H and O–H groups in total. The highest BCUT2D eigenvalue weighted by molar-refractivity contribution is 5.48. The Bertz CT molecular complexity index is 317. The maximum Gasteiger partial charge on any atom is 0.308 e. The van der Waals surface area contributed by atoms with Crippen LogP contribution < -0.4 is 21.7 Å². The molecular formula is C6H13N5O2. The highest BCUT2D eigenvalue weighted by atomic mass is 16.3. The summed E-state index contributed by atoms with van der Waals surface area (Å²) >= 11 is 0. The van der Waals surface area contributed by atoms with Gasteiger partial charge in [-0.25, -0.2) is 5.84 Å². The third kappa shape index (κ3) is 2.01. The summed E-state index contributed by atoms with van der Waals surface area (Å²) in [5, 5.41) is 18.0. The Hall–Kier alpha value is -1.47. The second-order valence-electron chi connectivity index (χ2n) is 2.57. The molecule has 0 atom stereocenters. The molecule has 7 heteroatoms. The van der Waals surface area contributed by atoms with Crippen molar-refractivity contribution in [3.8, 4) is 5.75 Å². The molecule has 74 valence electrons. The highest BCUT2D eigenvalue weighted by Crippen LogP contribution is 2.15. The van der Waals surface area contributed by atoms with Crippen LogP contribution in [0, 0.1) is 0 Å². The molecule has 0 aliphatic heterocycles. The average molecular weight is 187 g/mol. The van der Waals surface area contributed by atoms with Gasteiger partial charge in [-0.1, -0.05) is 0 Å². The summed E-state index contributed by atoms with van der Waals surface area (Å²) in [5.41, 5.74) is -0.574. The van der Waals surface area contributed by atoms with E-state index in [9.17, 15) is 9.90 Å². The molecule has 0 amide bonds. The molecule has 0 fully saturated rings. The van der Waals surface area contributed by atoms with Crippen molar-refractivity contribution in [2.75, 3.05) is 25.1 Å². The second-order valence-corrected chi connectivity index (χ2v) is 2.57. The normalized spacial score (nSPS) is 10.3. The molecule has 0 unspecified atom stereocenters. The van der Waals surface area contributed by atoms with Crippen LogP contribution in [0.3, 0.4) is 0 Å². The number of nitrogens with one attached hydrogen (secondary N) is 3. The van der Waals surface area contributed by atoms with Crippen LogP contribution in [-0.2, 0) is 0 Å². The van der Waals surface area contributed by atoms with Crippen molar-refractivity contribution in [2.45, 2.75) is 0 Å². The maximum atomic E-state index is 10.8. The molecule has 0 radical (unpaired) electrons. The molecule has 1 heterocycles. The molecule has 0 aliphatic rings. The molecular weight excluding hydrogens is 174 g/mol. The Morgan fingerprint density at radius 1 is 1.62 bits per heavy atom.